The van der Waals surface area contributed by atoms with Crippen LogP contribution in [-0.4, -0.2) is 7.28 Å². The van der Waals surface area contributed by atoms with E-state index in [4.69, 9.17) is 6.42 Å². The molecule has 0 nitrogen and oxygen atoms in total. The van der Waals surface area contributed by atoms with E-state index in [0.717, 1.165) is 5.47 Å². The lowest BCUT2D eigenvalue weighted by Gasteiger charge is -1.96. The van der Waals surface area contributed by atoms with Crippen LogP contribution in [0.25, 0.3) is 0 Å². The van der Waals surface area contributed by atoms with Crippen molar-refractivity contribution < 1.29 is 0 Å². The number of hydrogen-bond acceptors (Lipinski definition) is 0. The van der Waals surface area contributed by atoms with E-state index in [9.17, 15) is 0 Å². The quantitative estimate of drug-likeness (QED) is 0.370. The second kappa shape index (κ2) is 3.38. The highest BCUT2D eigenvalue weighted by molar-refractivity contribution is 6.48. The van der Waals surface area contributed by atoms with Crippen LogP contribution in [-0.2, 0) is 0 Å². The van der Waals surface area contributed by atoms with Gasteiger partial charge in [-0.15, -0.1) is 6.42 Å². The first-order valence-corrected chi connectivity index (χ1v) is 2.67. The number of allylic oxidation sites excluding steroid dienone is 1. The van der Waals surface area contributed by atoms with Crippen molar-refractivity contribution in [2.45, 2.75) is 19.7 Å². The maximum Gasteiger partial charge on any atom is 0.165 e. The van der Waals surface area contributed by atoms with Crippen LogP contribution >= 0.6 is 0 Å². The van der Waals surface area contributed by atoms with Crippen LogP contribution in [0, 0.1) is 12.3 Å². The molecule has 0 heterocycles. The first-order chi connectivity index (χ1) is 3.66. The average molecular weight is 105 g/mol. The van der Waals surface area contributed by atoms with Gasteiger partial charge in [0.25, 0.3) is 0 Å². The van der Waals surface area contributed by atoms with Gasteiger partial charge in [-0.3, -0.25) is 0 Å². The van der Waals surface area contributed by atoms with Crippen LogP contribution in [0.5, 0.6) is 0 Å². The molecule has 0 aliphatic heterocycles. The molecule has 0 aliphatic rings. The zero-order valence-corrected chi connectivity index (χ0v) is 5.44. The number of terminal acetylenes is 1. The SMILES string of the molecule is C#CC(=C)[B]C(C)C. The van der Waals surface area contributed by atoms with Gasteiger partial charge in [-0.25, -0.2) is 0 Å². The van der Waals surface area contributed by atoms with Crippen molar-refractivity contribution in [2.24, 2.45) is 0 Å². The molecule has 0 aromatic heterocycles. The largest absolute Gasteiger partial charge is 0.165 e. The molecule has 0 saturated heterocycles. The van der Waals surface area contributed by atoms with E-state index >= 15 is 0 Å². The van der Waals surface area contributed by atoms with Crippen LogP contribution in [0.15, 0.2) is 12.1 Å². The van der Waals surface area contributed by atoms with Gasteiger partial charge >= 0.3 is 0 Å². The summed E-state index contributed by atoms with van der Waals surface area (Å²) in [5, 5.41) is 0. The lowest BCUT2D eigenvalue weighted by atomic mass is 9.61. The van der Waals surface area contributed by atoms with Gasteiger partial charge in [-0.1, -0.05) is 32.2 Å². The normalized spacial score (nSPS) is 8.25. The standard InChI is InChI=1S/C7H10B/c1-5-7(4)8-6(2)3/h1,6H,4H2,2-3H3. The minimum absolute atomic E-state index is 0.513. The summed E-state index contributed by atoms with van der Waals surface area (Å²) in [7, 11) is 1.96. The highest BCUT2D eigenvalue weighted by atomic mass is 13.8. The fourth-order valence-corrected chi connectivity index (χ4v) is 0.450. The smallest absolute Gasteiger partial charge is 0.116 e. The Morgan fingerprint density at radius 3 is 2.38 bits per heavy atom. The molecule has 41 valence electrons. The predicted molar refractivity (Wildman–Crippen MR) is 38.8 cm³/mol. The minimum atomic E-state index is 0.513. The minimum Gasteiger partial charge on any atom is -0.116 e. The summed E-state index contributed by atoms with van der Waals surface area (Å²) in [6, 6.07) is 0. The number of rotatable bonds is 2. The van der Waals surface area contributed by atoms with Crippen LogP contribution in [0.2, 0.25) is 5.82 Å². The fraction of sp³-hybridized carbons (Fsp3) is 0.429. The van der Waals surface area contributed by atoms with Gasteiger partial charge in [0.1, 0.15) is 0 Å². The van der Waals surface area contributed by atoms with Gasteiger partial charge in [0.15, 0.2) is 7.28 Å². The molecule has 0 fully saturated rings. The van der Waals surface area contributed by atoms with Crippen LogP contribution < -0.4 is 0 Å². The molecule has 0 unspecified atom stereocenters. The Hall–Kier alpha value is -0.635. The van der Waals surface area contributed by atoms with Gasteiger partial charge in [-0.2, -0.15) is 0 Å². The molecule has 0 rings (SSSR count). The molecule has 1 heteroatoms. The lowest BCUT2D eigenvalue weighted by molar-refractivity contribution is 1.06. The zero-order valence-electron chi connectivity index (χ0n) is 5.44. The number of hydrogen-bond donors (Lipinski definition) is 0. The summed E-state index contributed by atoms with van der Waals surface area (Å²) < 4.78 is 0. The summed E-state index contributed by atoms with van der Waals surface area (Å²) in [4.78, 5) is 0. The molecule has 0 aliphatic carbocycles. The van der Waals surface area contributed by atoms with Crippen molar-refractivity contribution in [3.8, 4) is 12.3 Å². The van der Waals surface area contributed by atoms with Gasteiger partial charge in [0.05, 0.1) is 0 Å². The van der Waals surface area contributed by atoms with Gasteiger partial charge in [-0.05, 0) is 5.47 Å². The molecule has 0 aromatic carbocycles. The van der Waals surface area contributed by atoms with E-state index in [0.29, 0.717) is 5.82 Å². The molecule has 0 saturated carbocycles. The molecule has 0 atom stereocenters. The van der Waals surface area contributed by atoms with Crippen LogP contribution in [0.4, 0.5) is 0 Å². The van der Waals surface area contributed by atoms with E-state index in [1.54, 1.807) is 0 Å². The van der Waals surface area contributed by atoms with E-state index in [1.807, 2.05) is 7.28 Å². The summed E-state index contributed by atoms with van der Waals surface area (Å²) >= 11 is 0. The van der Waals surface area contributed by atoms with E-state index in [-0.39, 0.29) is 0 Å². The topological polar surface area (TPSA) is 0 Å². The van der Waals surface area contributed by atoms with Crippen LogP contribution in [0.1, 0.15) is 13.8 Å². The molecule has 0 amide bonds. The summed E-state index contributed by atoms with van der Waals surface area (Å²) in [5.41, 5.74) is 0.778. The van der Waals surface area contributed by atoms with E-state index in [2.05, 4.69) is 26.3 Å². The van der Waals surface area contributed by atoms with E-state index in [1.165, 1.54) is 0 Å². The Balaban J connectivity index is 3.44. The Bertz CT molecular complexity index is 117. The third-order valence-electron chi connectivity index (χ3n) is 0.720. The van der Waals surface area contributed by atoms with Crippen LogP contribution in [0.3, 0.4) is 0 Å². The highest BCUT2D eigenvalue weighted by Gasteiger charge is 1.96. The van der Waals surface area contributed by atoms with Crippen molar-refractivity contribution in [3.05, 3.63) is 12.1 Å². The first kappa shape index (κ1) is 7.36. The summed E-state index contributed by atoms with van der Waals surface area (Å²) in [5.74, 6) is 2.96. The summed E-state index contributed by atoms with van der Waals surface area (Å²) in [6.45, 7) is 7.77. The Labute approximate surface area is 52.2 Å². The molecule has 1 radical (unpaired) electrons. The maximum atomic E-state index is 5.04. The predicted octanol–water partition coefficient (Wildman–Crippen LogP) is 1.67. The third kappa shape index (κ3) is 3.55. The molecule has 8 heavy (non-hydrogen) atoms. The zero-order chi connectivity index (χ0) is 6.57. The van der Waals surface area contributed by atoms with Crippen molar-refractivity contribution in [2.75, 3.05) is 0 Å². The Morgan fingerprint density at radius 1 is 1.75 bits per heavy atom. The Morgan fingerprint density at radius 2 is 2.25 bits per heavy atom. The average Bonchev–Trinajstić information content (AvgIpc) is 1.65. The van der Waals surface area contributed by atoms with Crippen molar-refractivity contribution in [3.63, 3.8) is 0 Å². The third-order valence-corrected chi connectivity index (χ3v) is 0.720. The molecule has 0 aromatic rings. The molecular formula is C7H10B. The molecule has 0 spiro atoms. The highest BCUT2D eigenvalue weighted by Crippen LogP contribution is 2.00. The van der Waals surface area contributed by atoms with Gasteiger partial charge < -0.3 is 0 Å². The lowest BCUT2D eigenvalue weighted by Crippen LogP contribution is -1.96. The van der Waals surface area contributed by atoms with Gasteiger partial charge in [0.2, 0.25) is 0 Å². The van der Waals surface area contributed by atoms with Crippen molar-refractivity contribution in [1.82, 2.24) is 0 Å². The monoisotopic (exact) mass is 105 g/mol. The molecular weight excluding hydrogens is 94.9 g/mol. The van der Waals surface area contributed by atoms with E-state index < -0.39 is 0 Å². The second-order valence-corrected chi connectivity index (χ2v) is 2.08. The molecule has 0 N–H and O–H groups in total. The van der Waals surface area contributed by atoms with Gasteiger partial charge in [0, 0.05) is 0 Å². The second-order valence-electron chi connectivity index (χ2n) is 2.08. The van der Waals surface area contributed by atoms with Crippen molar-refractivity contribution in [1.29, 1.82) is 0 Å². The maximum absolute atomic E-state index is 5.04. The molecule has 0 bridgehead atoms. The van der Waals surface area contributed by atoms with Crippen molar-refractivity contribution >= 4 is 7.28 Å². The first-order valence-electron chi connectivity index (χ1n) is 2.67. The summed E-state index contributed by atoms with van der Waals surface area (Å²) in [6.07, 6.45) is 5.04. The Kier molecular flexibility index (Phi) is 3.11. The fourth-order valence-electron chi connectivity index (χ4n) is 0.450.